The first-order chi connectivity index (χ1) is 17.3. The molecule has 2 heterocycles. The third-order valence-corrected chi connectivity index (χ3v) is 5.69. The second-order valence-corrected chi connectivity index (χ2v) is 8.26. The normalized spacial score (nSPS) is 11.7. The molecular weight excluding hydrogens is 528 g/mol. The molecule has 0 fully saturated rings. The summed E-state index contributed by atoms with van der Waals surface area (Å²) in [5.41, 5.74) is 1.62. The van der Waals surface area contributed by atoms with Crippen LogP contribution < -0.4 is 11.1 Å². The fourth-order valence-corrected chi connectivity index (χ4v) is 3.74. The van der Waals surface area contributed by atoms with E-state index in [0.717, 1.165) is 35.0 Å². The van der Waals surface area contributed by atoms with Crippen molar-refractivity contribution in [2.45, 2.75) is 19.6 Å². The van der Waals surface area contributed by atoms with E-state index in [1.807, 2.05) is 0 Å². The SMILES string of the molecule is Cc1c(NC(=O)c2cc(C(N)=O)nc3cc(F)c(Cl)cc23)c(C(F)(F)F)nn1Cc1ccc(F)cc1F. The Morgan fingerprint density at radius 3 is 2.41 bits per heavy atom. The van der Waals surface area contributed by atoms with Crippen molar-refractivity contribution in [3.63, 3.8) is 0 Å². The van der Waals surface area contributed by atoms with Gasteiger partial charge in [-0.3, -0.25) is 14.3 Å². The maximum atomic E-state index is 14.1. The summed E-state index contributed by atoms with van der Waals surface area (Å²) in [5.74, 6) is -5.01. The van der Waals surface area contributed by atoms with Gasteiger partial charge in [-0.25, -0.2) is 18.2 Å². The van der Waals surface area contributed by atoms with Crippen LogP contribution in [0.15, 0.2) is 36.4 Å². The van der Waals surface area contributed by atoms with Crippen molar-refractivity contribution >= 4 is 40.0 Å². The molecule has 0 aliphatic carbocycles. The van der Waals surface area contributed by atoms with Crippen LogP contribution in [-0.4, -0.2) is 26.6 Å². The van der Waals surface area contributed by atoms with E-state index < -0.39 is 64.1 Å². The highest BCUT2D eigenvalue weighted by molar-refractivity contribution is 6.31. The Bertz CT molecular complexity index is 1580. The number of nitrogens with two attached hydrogens (primary N) is 1. The smallest absolute Gasteiger partial charge is 0.364 e. The van der Waals surface area contributed by atoms with Crippen LogP contribution in [0.25, 0.3) is 10.9 Å². The van der Waals surface area contributed by atoms with E-state index in [2.05, 4.69) is 15.4 Å². The number of alkyl halides is 3. The predicted octanol–water partition coefficient (Wildman–Crippen LogP) is 5.23. The molecule has 0 saturated carbocycles. The van der Waals surface area contributed by atoms with E-state index in [0.29, 0.717) is 6.07 Å². The zero-order chi connectivity index (χ0) is 27.2. The summed E-state index contributed by atoms with van der Waals surface area (Å²) in [6.45, 7) is 0.695. The van der Waals surface area contributed by atoms with Crippen LogP contribution in [0, 0.1) is 24.4 Å². The second kappa shape index (κ2) is 9.39. The first-order valence-electron chi connectivity index (χ1n) is 10.3. The van der Waals surface area contributed by atoms with Gasteiger partial charge in [-0.1, -0.05) is 17.7 Å². The maximum absolute atomic E-state index is 14.1. The maximum Gasteiger partial charge on any atom is 0.437 e. The Balaban J connectivity index is 1.81. The molecule has 14 heteroatoms. The van der Waals surface area contributed by atoms with Gasteiger partial charge < -0.3 is 11.1 Å². The largest absolute Gasteiger partial charge is 0.437 e. The summed E-state index contributed by atoms with van der Waals surface area (Å²) in [4.78, 5) is 28.7. The minimum absolute atomic E-state index is 0.0686. The van der Waals surface area contributed by atoms with Gasteiger partial charge in [0, 0.05) is 23.1 Å². The van der Waals surface area contributed by atoms with E-state index >= 15 is 0 Å². The number of benzene rings is 2. The molecule has 2 aromatic heterocycles. The Labute approximate surface area is 208 Å². The van der Waals surface area contributed by atoms with Crippen LogP contribution in [-0.2, 0) is 12.7 Å². The number of hydrogen-bond donors (Lipinski definition) is 2. The Hall–Kier alpha value is -4.13. The van der Waals surface area contributed by atoms with Gasteiger partial charge in [-0.15, -0.1) is 0 Å². The van der Waals surface area contributed by atoms with E-state index in [-0.39, 0.29) is 27.7 Å². The zero-order valence-electron chi connectivity index (χ0n) is 18.6. The molecular formula is C23H14ClF6N5O2. The number of aromatic nitrogens is 3. The topological polar surface area (TPSA) is 103 Å². The number of halogens is 7. The zero-order valence-corrected chi connectivity index (χ0v) is 19.3. The van der Waals surface area contributed by atoms with Crippen molar-refractivity contribution in [3.05, 3.63) is 87.1 Å². The van der Waals surface area contributed by atoms with E-state index in [9.17, 15) is 35.9 Å². The number of primary amides is 1. The minimum atomic E-state index is -5.04. The van der Waals surface area contributed by atoms with Crippen molar-refractivity contribution < 1.29 is 35.9 Å². The first kappa shape index (κ1) is 25.9. The van der Waals surface area contributed by atoms with Crippen molar-refractivity contribution in [1.82, 2.24) is 14.8 Å². The minimum Gasteiger partial charge on any atom is -0.364 e. The van der Waals surface area contributed by atoms with Crippen LogP contribution >= 0.6 is 11.6 Å². The highest BCUT2D eigenvalue weighted by atomic mass is 35.5. The fraction of sp³-hybridized carbons (Fsp3) is 0.130. The van der Waals surface area contributed by atoms with Crippen molar-refractivity contribution in [3.8, 4) is 0 Å². The summed E-state index contributed by atoms with van der Waals surface area (Å²) < 4.78 is 83.5. The average Bonchev–Trinajstić information content (AvgIpc) is 3.11. The lowest BCUT2D eigenvalue weighted by Gasteiger charge is -2.12. The van der Waals surface area contributed by atoms with E-state index in [1.165, 1.54) is 6.92 Å². The van der Waals surface area contributed by atoms with Crippen molar-refractivity contribution in [1.29, 1.82) is 0 Å². The Morgan fingerprint density at radius 2 is 1.78 bits per heavy atom. The van der Waals surface area contributed by atoms with E-state index in [1.54, 1.807) is 0 Å². The highest BCUT2D eigenvalue weighted by Gasteiger charge is 2.39. The van der Waals surface area contributed by atoms with Gasteiger partial charge in [0.05, 0.1) is 34.0 Å². The molecule has 0 aliphatic rings. The second-order valence-electron chi connectivity index (χ2n) is 7.86. The number of nitrogens with one attached hydrogen (secondary N) is 1. The lowest BCUT2D eigenvalue weighted by molar-refractivity contribution is -0.140. The van der Waals surface area contributed by atoms with Crippen LogP contribution in [0.5, 0.6) is 0 Å². The van der Waals surface area contributed by atoms with E-state index in [4.69, 9.17) is 17.3 Å². The van der Waals surface area contributed by atoms with Gasteiger partial charge in [-0.2, -0.15) is 18.3 Å². The standard InChI is InChI=1S/C23H14ClF6N5O2/c1-9-19(20(23(28,29)30)34-35(9)8-10-2-3-11(25)4-15(10)26)33-22(37)13-6-18(21(31)36)32-17-7-16(27)14(24)5-12(13)17/h2-7H,8H2,1H3,(H2,31,36)(H,33,37). The van der Waals surface area contributed by atoms with Crippen molar-refractivity contribution in [2.24, 2.45) is 5.73 Å². The van der Waals surface area contributed by atoms with Crippen LogP contribution in [0.2, 0.25) is 5.02 Å². The number of nitrogens with zero attached hydrogens (tertiary/aromatic N) is 3. The van der Waals surface area contributed by atoms with Gasteiger partial charge in [0.15, 0.2) is 5.69 Å². The van der Waals surface area contributed by atoms with Gasteiger partial charge in [0.2, 0.25) is 0 Å². The third-order valence-electron chi connectivity index (χ3n) is 5.40. The molecule has 4 rings (SSSR count). The molecule has 3 N–H and O–H groups in total. The summed E-state index contributed by atoms with van der Waals surface area (Å²) in [6.07, 6.45) is -5.04. The Kier molecular flexibility index (Phi) is 6.59. The lowest BCUT2D eigenvalue weighted by Crippen LogP contribution is -2.19. The fourth-order valence-electron chi connectivity index (χ4n) is 3.58. The summed E-state index contributed by atoms with van der Waals surface area (Å²) in [7, 11) is 0. The molecule has 0 unspecified atom stereocenters. The molecule has 2 amide bonds. The van der Waals surface area contributed by atoms with Crippen LogP contribution in [0.4, 0.5) is 32.0 Å². The number of hydrogen-bond acceptors (Lipinski definition) is 4. The predicted molar refractivity (Wildman–Crippen MR) is 121 cm³/mol. The van der Waals surface area contributed by atoms with Gasteiger partial charge in [-0.05, 0) is 25.1 Å². The van der Waals surface area contributed by atoms with Gasteiger partial charge in [0.1, 0.15) is 23.1 Å². The number of rotatable bonds is 5. The molecule has 4 aromatic rings. The molecule has 0 saturated heterocycles. The number of carbonyl (C=O) groups excluding carboxylic acids is 2. The summed E-state index contributed by atoms with van der Waals surface area (Å²) >= 11 is 5.80. The summed E-state index contributed by atoms with van der Waals surface area (Å²) in [6, 6.07) is 5.34. The van der Waals surface area contributed by atoms with Crippen LogP contribution in [0.3, 0.4) is 0 Å². The number of fused-ring (bicyclic) bond motifs is 1. The molecule has 37 heavy (non-hydrogen) atoms. The quantitative estimate of drug-likeness (QED) is 0.338. The summed E-state index contributed by atoms with van der Waals surface area (Å²) in [5, 5.41) is 5.12. The molecule has 0 spiro atoms. The van der Waals surface area contributed by atoms with Crippen LogP contribution in [0.1, 0.15) is 37.8 Å². The first-order valence-corrected chi connectivity index (χ1v) is 10.6. The molecule has 7 nitrogen and oxygen atoms in total. The third kappa shape index (κ3) is 5.07. The monoisotopic (exact) mass is 541 g/mol. The highest BCUT2D eigenvalue weighted by Crippen LogP contribution is 2.37. The molecule has 0 radical (unpaired) electrons. The number of amides is 2. The number of pyridine rings is 1. The average molecular weight is 542 g/mol. The molecule has 0 atom stereocenters. The van der Waals surface area contributed by atoms with Crippen molar-refractivity contribution in [2.75, 3.05) is 5.32 Å². The number of carbonyl (C=O) groups is 2. The van der Waals surface area contributed by atoms with Gasteiger partial charge >= 0.3 is 6.18 Å². The number of anilines is 1. The lowest BCUT2D eigenvalue weighted by atomic mass is 10.1. The molecule has 0 aliphatic heterocycles. The Morgan fingerprint density at radius 1 is 1.08 bits per heavy atom. The molecule has 2 aromatic carbocycles. The van der Waals surface area contributed by atoms with Gasteiger partial charge in [0.25, 0.3) is 11.8 Å². The molecule has 192 valence electrons. The molecule has 0 bridgehead atoms.